The zero-order valence-electron chi connectivity index (χ0n) is 7.24. The van der Waals surface area contributed by atoms with Crippen molar-refractivity contribution in [3.05, 3.63) is 24.0 Å². The van der Waals surface area contributed by atoms with Crippen molar-refractivity contribution in [1.82, 2.24) is 9.97 Å². The highest BCUT2D eigenvalue weighted by Gasteiger charge is 2.10. The van der Waals surface area contributed by atoms with E-state index in [1.54, 1.807) is 6.92 Å². The van der Waals surface area contributed by atoms with Gasteiger partial charge in [0.2, 0.25) is 5.95 Å². The lowest BCUT2D eigenvalue weighted by Crippen LogP contribution is -2.15. The summed E-state index contributed by atoms with van der Waals surface area (Å²) in [6, 6.07) is 0. The second-order valence-electron chi connectivity index (χ2n) is 2.64. The first-order valence-electron chi connectivity index (χ1n) is 3.60. The molecule has 0 aliphatic heterocycles. The van der Waals surface area contributed by atoms with Crippen molar-refractivity contribution in [2.45, 2.75) is 6.92 Å². The highest BCUT2D eigenvalue weighted by atomic mass is 16.1. The van der Waals surface area contributed by atoms with Crippen molar-refractivity contribution in [2.75, 3.05) is 5.73 Å². The number of nitrogen functional groups attached to an aromatic ring is 1. The highest BCUT2D eigenvalue weighted by Crippen LogP contribution is 2.13. The molecular formula is C8H10N4O. The molecule has 1 rings (SSSR count). The van der Waals surface area contributed by atoms with E-state index < -0.39 is 5.91 Å². The first kappa shape index (κ1) is 9.18. The molecule has 1 aromatic heterocycles. The van der Waals surface area contributed by atoms with Gasteiger partial charge in [-0.15, -0.1) is 0 Å². The Kier molecular flexibility index (Phi) is 2.27. The minimum atomic E-state index is -0.585. The lowest BCUT2D eigenvalue weighted by Gasteiger charge is -2.04. The van der Waals surface area contributed by atoms with Gasteiger partial charge in [0, 0.05) is 6.20 Å². The van der Waals surface area contributed by atoms with Crippen LogP contribution in [0.5, 0.6) is 0 Å². The summed E-state index contributed by atoms with van der Waals surface area (Å²) in [6.07, 6.45) is 1.30. The zero-order chi connectivity index (χ0) is 10.0. The van der Waals surface area contributed by atoms with Crippen LogP contribution < -0.4 is 11.5 Å². The third-order valence-corrected chi connectivity index (χ3v) is 1.48. The Bertz CT molecular complexity index is 372. The molecule has 68 valence electrons. The lowest BCUT2D eigenvalue weighted by molar-refractivity contribution is 0.0999. The summed E-state index contributed by atoms with van der Waals surface area (Å²) in [5.74, 6) is -0.485. The van der Waals surface area contributed by atoms with Crippen molar-refractivity contribution < 1.29 is 4.79 Å². The molecule has 0 bridgehead atoms. The van der Waals surface area contributed by atoms with Crippen LogP contribution in [-0.2, 0) is 0 Å². The second kappa shape index (κ2) is 3.22. The van der Waals surface area contributed by atoms with Gasteiger partial charge in [-0.05, 0) is 12.5 Å². The summed E-state index contributed by atoms with van der Waals surface area (Å²) in [6.45, 7) is 5.37. The van der Waals surface area contributed by atoms with E-state index in [1.807, 2.05) is 0 Å². The second-order valence-corrected chi connectivity index (χ2v) is 2.64. The molecule has 0 aliphatic carbocycles. The van der Waals surface area contributed by atoms with Crippen molar-refractivity contribution in [1.29, 1.82) is 0 Å². The summed E-state index contributed by atoms with van der Waals surface area (Å²) in [5.41, 5.74) is 11.7. The largest absolute Gasteiger partial charge is 0.368 e. The number of rotatable bonds is 2. The fourth-order valence-electron chi connectivity index (χ4n) is 0.901. The number of aromatic nitrogens is 2. The van der Waals surface area contributed by atoms with Crippen LogP contribution in [0.3, 0.4) is 0 Å². The summed E-state index contributed by atoms with van der Waals surface area (Å²) in [4.78, 5) is 18.4. The number of hydrogen-bond acceptors (Lipinski definition) is 4. The Morgan fingerprint density at radius 2 is 2.23 bits per heavy atom. The van der Waals surface area contributed by atoms with Crippen LogP contribution in [0.4, 0.5) is 5.95 Å². The number of carbonyl (C=O) groups excluding carboxylic acids is 1. The van der Waals surface area contributed by atoms with Crippen LogP contribution in [-0.4, -0.2) is 15.9 Å². The van der Waals surface area contributed by atoms with Gasteiger partial charge in [-0.3, -0.25) is 4.79 Å². The van der Waals surface area contributed by atoms with Gasteiger partial charge in [-0.2, -0.15) is 0 Å². The topological polar surface area (TPSA) is 94.9 Å². The maximum absolute atomic E-state index is 10.9. The van der Waals surface area contributed by atoms with Gasteiger partial charge in [0.25, 0.3) is 5.91 Å². The molecule has 0 radical (unpaired) electrons. The van der Waals surface area contributed by atoms with Crippen molar-refractivity contribution in [3.63, 3.8) is 0 Å². The minimum absolute atomic E-state index is 0.100. The van der Waals surface area contributed by atoms with Gasteiger partial charge in [-0.25, -0.2) is 9.97 Å². The number of anilines is 1. The maximum Gasteiger partial charge on any atom is 0.252 e. The minimum Gasteiger partial charge on any atom is -0.368 e. The molecule has 1 amide bonds. The number of nitrogens with zero attached hydrogens (tertiary/aromatic N) is 2. The van der Waals surface area contributed by atoms with Gasteiger partial charge < -0.3 is 11.5 Å². The molecule has 0 spiro atoms. The standard InChI is InChI=1S/C8H10N4O/c1-4(2)6-5(7(9)13)3-11-8(10)12-6/h3H,1H2,2H3,(H2,9,13)(H2,10,11,12). The molecular weight excluding hydrogens is 168 g/mol. The van der Waals surface area contributed by atoms with Gasteiger partial charge in [0.1, 0.15) is 0 Å². The molecule has 1 aromatic rings. The number of carbonyl (C=O) groups is 1. The van der Waals surface area contributed by atoms with E-state index in [0.29, 0.717) is 11.3 Å². The molecule has 1 heterocycles. The third-order valence-electron chi connectivity index (χ3n) is 1.48. The Morgan fingerprint density at radius 3 is 2.69 bits per heavy atom. The normalized spacial score (nSPS) is 9.62. The number of amides is 1. The number of nitrogens with two attached hydrogens (primary N) is 2. The van der Waals surface area contributed by atoms with Gasteiger partial charge in [-0.1, -0.05) is 6.58 Å². The van der Waals surface area contributed by atoms with Crippen LogP contribution in [0.25, 0.3) is 5.57 Å². The SMILES string of the molecule is C=C(C)c1nc(N)ncc1C(N)=O. The Balaban J connectivity index is 3.35. The predicted octanol–water partition coefficient (Wildman–Crippen LogP) is 0.191. The zero-order valence-corrected chi connectivity index (χ0v) is 7.24. The van der Waals surface area contributed by atoms with Crippen LogP contribution in [0, 0.1) is 0 Å². The molecule has 13 heavy (non-hydrogen) atoms. The average molecular weight is 178 g/mol. The van der Waals surface area contributed by atoms with E-state index in [1.165, 1.54) is 6.20 Å². The van der Waals surface area contributed by atoms with Crippen molar-refractivity contribution >= 4 is 17.4 Å². The van der Waals surface area contributed by atoms with E-state index in [-0.39, 0.29) is 11.5 Å². The number of primary amides is 1. The molecule has 0 aliphatic rings. The first-order valence-corrected chi connectivity index (χ1v) is 3.60. The average Bonchev–Trinajstić information content (AvgIpc) is 2.03. The molecule has 0 unspecified atom stereocenters. The van der Waals surface area contributed by atoms with E-state index in [0.717, 1.165) is 0 Å². The molecule has 0 saturated heterocycles. The van der Waals surface area contributed by atoms with E-state index in [4.69, 9.17) is 11.5 Å². The molecule has 5 nitrogen and oxygen atoms in total. The fourth-order valence-corrected chi connectivity index (χ4v) is 0.901. The van der Waals surface area contributed by atoms with Crippen LogP contribution in [0.1, 0.15) is 23.0 Å². The van der Waals surface area contributed by atoms with Crippen LogP contribution >= 0.6 is 0 Å². The Hall–Kier alpha value is -1.91. The van der Waals surface area contributed by atoms with E-state index >= 15 is 0 Å². The molecule has 0 aromatic carbocycles. The monoisotopic (exact) mass is 178 g/mol. The van der Waals surface area contributed by atoms with Crippen molar-refractivity contribution in [3.8, 4) is 0 Å². The molecule has 5 heteroatoms. The summed E-state index contributed by atoms with van der Waals surface area (Å²) >= 11 is 0. The van der Waals surface area contributed by atoms with Gasteiger partial charge in [0.15, 0.2) is 0 Å². The Morgan fingerprint density at radius 1 is 1.62 bits per heavy atom. The Labute approximate surface area is 75.5 Å². The summed E-state index contributed by atoms with van der Waals surface area (Å²) in [5, 5.41) is 0. The molecule has 0 atom stereocenters. The predicted molar refractivity (Wildman–Crippen MR) is 49.7 cm³/mol. The van der Waals surface area contributed by atoms with E-state index in [2.05, 4.69) is 16.5 Å². The first-order chi connectivity index (χ1) is 6.02. The van der Waals surface area contributed by atoms with Crippen LogP contribution in [0.2, 0.25) is 0 Å². The van der Waals surface area contributed by atoms with Crippen molar-refractivity contribution in [2.24, 2.45) is 5.73 Å². The smallest absolute Gasteiger partial charge is 0.252 e. The lowest BCUT2D eigenvalue weighted by atomic mass is 10.1. The molecule has 0 fully saturated rings. The number of hydrogen-bond donors (Lipinski definition) is 2. The van der Waals surface area contributed by atoms with E-state index in [9.17, 15) is 4.79 Å². The number of allylic oxidation sites excluding steroid dienone is 1. The summed E-state index contributed by atoms with van der Waals surface area (Å²) < 4.78 is 0. The van der Waals surface area contributed by atoms with Gasteiger partial charge in [0.05, 0.1) is 11.3 Å². The third kappa shape index (κ3) is 1.81. The molecule has 4 N–H and O–H groups in total. The molecule has 0 saturated carbocycles. The quantitative estimate of drug-likeness (QED) is 0.675. The van der Waals surface area contributed by atoms with Gasteiger partial charge >= 0.3 is 0 Å². The maximum atomic E-state index is 10.9. The van der Waals surface area contributed by atoms with Crippen LogP contribution in [0.15, 0.2) is 12.8 Å². The fraction of sp³-hybridized carbons (Fsp3) is 0.125. The summed E-state index contributed by atoms with van der Waals surface area (Å²) in [7, 11) is 0. The highest BCUT2D eigenvalue weighted by molar-refractivity contribution is 5.96.